The minimum atomic E-state index is -1.66. The zero-order valence-corrected chi connectivity index (χ0v) is 6.78. The van der Waals surface area contributed by atoms with E-state index in [9.17, 15) is 4.21 Å². The van der Waals surface area contributed by atoms with Crippen molar-refractivity contribution < 1.29 is 4.21 Å². The Kier molecular flexibility index (Phi) is 1.80. The molecule has 0 aromatic heterocycles. The Labute approximate surface area is 56.8 Å². The van der Waals surface area contributed by atoms with E-state index in [1.54, 1.807) is 0 Å². The average molecular weight is 147 g/mol. The Morgan fingerprint density at radius 2 is 2.00 bits per heavy atom. The molecule has 0 N–H and O–H groups in total. The van der Waals surface area contributed by atoms with E-state index in [0.29, 0.717) is 0 Å². The van der Waals surface area contributed by atoms with Crippen LogP contribution in [-0.2, 0) is 9.73 Å². The third-order valence-corrected chi connectivity index (χ3v) is 3.99. The van der Waals surface area contributed by atoms with Crippen LogP contribution in [0.2, 0.25) is 0 Å². The van der Waals surface area contributed by atoms with E-state index in [2.05, 4.69) is 4.36 Å². The third kappa shape index (κ3) is 1.68. The van der Waals surface area contributed by atoms with Crippen LogP contribution in [0.3, 0.4) is 0 Å². The smallest absolute Gasteiger partial charge is 0.0537 e. The Balaban J connectivity index is 2.69. The average Bonchev–Trinajstić information content (AvgIpc) is 1.60. The zero-order chi connectivity index (χ0) is 6.91. The fourth-order valence-electron chi connectivity index (χ4n) is 0.881. The standard InChI is InChI=1S/C6H13NOS/c1-6(2)7-9(8)4-3-5-9/h6H,3-5H2,1-2H3. The molecule has 1 saturated heterocycles. The molecule has 1 rings (SSSR count). The van der Waals surface area contributed by atoms with Crippen molar-refractivity contribution >= 4 is 9.73 Å². The summed E-state index contributed by atoms with van der Waals surface area (Å²) >= 11 is 0. The molecule has 2 nitrogen and oxygen atoms in total. The number of hydrogen-bond acceptors (Lipinski definition) is 2. The van der Waals surface area contributed by atoms with Gasteiger partial charge in [-0.2, -0.15) is 0 Å². The van der Waals surface area contributed by atoms with Gasteiger partial charge < -0.3 is 0 Å². The van der Waals surface area contributed by atoms with Gasteiger partial charge in [0, 0.05) is 21.2 Å². The summed E-state index contributed by atoms with van der Waals surface area (Å²) in [4.78, 5) is 0. The summed E-state index contributed by atoms with van der Waals surface area (Å²) in [5.41, 5.74) is 0. The van der Waals surface area contributed by atoms with Crippen LogP contribution in [0.4, 0.5) is 0 Å². The predicted octanol–water partition coefficient (Wildman–Crippen LogP) is 1.27. The summed E-state index contributed by atoms with van der Waals surface area (Å²) in [6.07, 6.45) is 1.11. The first-order valence-corrected chi connectivity index (χ1v) is 5.19. The topological polar surface area (TPSA) is 29.4 Å². The van der Waals surface area contributed by atoms with Crippen molar-refractivity contribution in [2.75, 3.05) is 11.5 Å². The van der Waals surface area contributed by atoms with Gasteiger partial charge in [-0.25, -0.2) is 8.57 Å². The van der Waals surface area contributed by atoms with Crippen LogP contribution < -0.4 is 0 Å². The highest BCUT2D eigenvalue weighted by molar-refractivity contribution is 7.94. The molecule has 9 heavy (non-hydrogen) atoms. The number of rotatable bonds is 1. The minimum Gasteiger partial charge on any atom is -0.250 e. The first-order chi connectivity index (χ1) is 4.12. The van der Waals surface area contributed by atoms with E-state index in [0.717, 1.165) is 17.9 Å². The monoisotopic (exact) mass is 147 g/mol. The lowest BCUT2D eigenvalue weighted by Gasteiger charge is -2.18. The van der Waals surface area contributed by atoms with E-state index in [1.807, 2.05) is 13.8 Å². The van der Waals surface area contributed by atoms with Gasteiger partial charge in [-0.15, -0.1) is 0 Å². The fraction of sp³-hybridized carbons (Fsp3) is 1.00. The Bertz CT molecular complexity index is 191. The van der Waals surface area contributed by atoms with E-state index in [1.165, 1.54) is 0 Å². The van der Waals surface area contributed by atoms with Gasteiger partial charge in [0.15, 0.2) is 0 Å². The first kappa shape index (κ1) is 7.06. The third-order valence-electron chi connectivity index (χ3n) is 1.33. The van der Waals surface area contributed by atoms with E-state index >= 15 is 0 Å². The maximum Gasteiger partial charge on any atom is 0.0537 e. The van der Waals surface area contributed by atoms with Crippen LogP contribution in [0, 0.1) is 0 Å². The SMILES string of the molecule is CC(C)N=S1(=O)CCC1. The molecule has 1 heterocycles. The highest BCUT2D eigenvalue weighted by atomic mass is 32.2. The van der Waals surface area contributed by atoms with Gasteiger partial charge in [0.2, 0.25) is 0 Å². The van der Waals surface area contributed by atoms with Gasteiger partial charge in [-0.3, -0.25) is 0 Å². The van der Waals surface area contributed by atoms with Crippen LogP contribution in [0.25, 0.3) is 0 Å². The largest absolute Gasteiger partial charge is 0.250 e. The summed E-state index contributed by atoms with van der Waals surface area (Å²) in [7, 11) is -1.66. The molecule has 0 aromatic rings. The van der Waals surface area contributed by atoms with Crippen LogP contribution in [0.1, 0.15) is 20.3 Å². The summed E-state index contributed by atoms with van der Waals surface area (Å²) in [6, 6.07) is 0.248. The maximum absolute atomic E-state index is 11.3. The second kappa shape index (κ2) is 2.29. The molecule has 0 bridgehead atoms. The molecular weight excluding hydrogens is 134 g/mol. The normalized spacial score (nSPS) is 23.4. The van der Waals surface area contributed by atoms with Crippen molar-refractivity contribution in [2.45, 2.75) is 26.3 Å². The highest BCUT2D eigenvalue weighted by Crippen LogP contribution is 2.13. The number of hydrogen-bond donors (Lipinski definition) is 0. The van der Waals surface area contributed by atoms with Crippen molar-refractivity contribution in [1.82, 2.24) is 0 Å². The number of nitrogens with zero attached hydrogens (tertiary/aromatic N) is 1. The first-order valence-electron chi connectivity index (χ1n) is 3.34. The second-order valence-electron chi connectivity index (χ2n) is 2.73. The van der Waals surface area contributed by atoms with E-state index in [4.69, 9.17) is 0 Å². The molecule has 0 unspecified atom stereocenters. The summed E-state index contributed by atoms with van der Waals surface area (Å²) < 4.78 is 15.4. The summed E-state index contributed by atoms with van der Waals surface area (Å²) in [5, 5.41) is 0. The maximum atomic E-state index is 11.3. The zero-order valence-electron chi connectivity index (χ0n) is 5.96. The molecule has 1 aliphatic rings. The summed E-state index contributed by atoms with van der Waals surface area (Å²) in [5.74, 6) is 1.68. The molecule has 0 atom stereocenters. The van der Waals surface area contributed by atoms with Gasteiger partial charge in [0.25, 0.3) is 0 Å². The molecule has 0 saturated carbocycles. The molecule has 3 heteroatoms. The molecule has 0 amide bonds. The fourth-order valence-corrected chi connectivity index (χ4v) is 2.64. The van der Waals surface area contributed by atoms with Crippen LogP contribution in [0.15, 0.2) is 4.36 Å². The van der Waals surface area contributed by atoms with Crippen LogP contribution >= 0.6 is 0 Å². The van der Waals surface area contributed by atoms with Crippen LogP contribution in [0.5, 0.6) is 0 Å². The van der Waals surface area contributed by atoms with Crippen LogP contribution in [-0.4, -0.2) is 21.8 Å². The van der Waals surface area contributed by atoms with Crippen molar-refractivity contribution in [2.24, 2.45) is 4.36 Å². The second-order valence-corrected chi connectivity index (χ2v) is 5.31. The lowest BCUT2D eigenvalue weighted by molar-refractivity contribution is 0.656. The van der Waals surface area contributed by atoms with Gasteiger partial charge in [-0.05, 0) is 20.3 Å². The Morgan fingerprint density at radius 1 is 1.44 bits per heavy atom. The van der Waals surface area contributed by atoms with Crippen molar-refractivity contribution in [3.8, 4) is 0 Å². The molecule has 1 aliphatic heterocycles. The van der Waals surface area contributed by atoms with E-state index < -0.39 is 9.73 Å². The molecule has 0 spiro atoms. The van der Waals surface area contributed by atoms with Crippen molar-refractivity contribution in [3.05, 3.63) is 0 Å². The quantitative estimate of drug-likeness (QED) is 0.549. The molecule has 1 fully saturated rings. The molecule has 0 radical (unpaired) electrons. The van der Waals surface area contributed by atoms with Gasteiger partial charge in [0.1, 0.15) is 0 Å². The molecule has 0 aromatic carbocycles. The molecule has 54 valence electrons. The lowest BCUT2D eigenvalue weighted by Crippen LogP contribution is -2.24. The van der Waals surface area contributed by atoms with Gasteiger partial charge >= 0.3 is 0 Å². The molecular formula is C6H13NOS. The van der Waals surface area contributed by atoms with Crippen molar-refractivity contribution in [3.63, 3.8) is 0 Å². The minimum absolute atomic E-state index is 0.248. The summed E-state index contributed by atoms with van der Waals surface area (Å²) in [6.45, 7) is 3.95. The van der Waals surface area contributed by atoms with E-state index in [-0.39, 0.29) is 6.04 Å². The van der Waals surface area contributed by atoms with Crippen molar-refractivity contribution in [1.29, 1.82) is 0 Å². The highest BCUT2D eigenvalue weighted by Gasteiger charge is 2.18. The lowest BCUT2D eigenvalue weighted by atomic mass is 10.4. The van der Waals surface area contributed by atoms with Gasteiger partial charge in [-0.1, -0.05) is 0 Å². The Hall–Kier alpha value is -0.0500. The molecule has 0 aliphatic carbocycles. The predicted molar refractivity (Wildman–Crippen MR) is 40.1 cm³/mol. The van der Waals surface area contributed by atoms with Gasteiger partial charge in [0.05, 0.1) is 6.04 Å². The Morgan fingerprint density at radius 3 is 2.11 bits per heavy atom.